The summed E-state index contributed by atoms with van der Waals surface area (Å²) in [5.74, 6) is 0.742. The highest BCUT2D eigenvalue weighted by Gasteiger charge is 2.42. The summed E-state index contributed by atoms with van der Waals surface area (Å²) in [4.78, 5) is 7.28. The van der Waals surface area contributed by atoms with E-state index in [1.54, 1.807) is 0 Å². The van der Waals surface area contributed by atoms with Crippen molar-refractivity contribution < 1.29 is 13.2 Å². The summed E-state index contributed by atoms with van der Waals surface area (Å²) in [5.41, 5.74) is 0. The number of sulfone groups is 1. The Labute approximate surface area is 157 Å². The third-order valence-corrected chi connectivity index (χ3v) is 8.10. The van der Waals surface area contributed by atoms with Gasteiger partial charge in [0.15, 0.2) is 15.8 Å². The van der Waals surface area contributed by atoms with Gasteiger partial charge in [-0.1, -0.05) is 0 Å². The van der Waals surface area contributed by atoms with Crippen molar-refractivity contribution in [1.82, 2.24) is 15.5 Å². The zero-order chi connectivity index (χ0) is 18.6. The molecular weight excluding hydrogens is 352 g/mol. The zero-order valence-corrected chi connectivity index (χ0v) is 17.0. The summed E-state index contributed by atoms with van der Waals surface area (Å²) in [6.07, 6.45) is 7.34. The van der Waals surface area contributed by atoms with Crippen molar-refractivity contribution in [3.8, 4) is 0 Å². The maximum Gasteiger partial charge on any atom is 0.191 e. The van der Waals surface area contributed by atoms with E-state index >= 15 is 0 Å². The van der Waals surface area contributed by atoms with Crippen molar-refractivity contribution in [2.24, 2.45) is 4.99 Å². The Hall–Kier alpha value is -0.860. The highest BCUT2D eigenvalue weighted by Crippen LogP contribution is 2.30. The molecule has 7 nitrogen and oxygen atoms in total. The van der Waals surface area contributed by atoms with Crippen LogP contribution in [-0.4, -0.2) is 81.8 Å². The molecule has 0 spiro atoms. The van der Waals surface area contributed by atoms with Gasteiger partial charge < -0.3 is 20.3 Å². The minimum atomic E-state index is -3.19. The van der Waals surface area contributed by atoms with Gasteiger partial charge in [0.25, 0.3) is 0 Å². The number of hydrogen-bond acceptors (Lipinski definition) is 5. The van der Waals surface area contributed by atoms with E-state index in [-0.39, 0.29) is 0 Å². The first kappa shape index (κ1) is 19.9. The van der Waals surface area contributed by atoms with Crippen LogP contribution in [0.1, 0.15) is 45.4 Å². The lowest BCUT2D eigenvalue weighted by molar-refractivity contribution is 0.0768. The normalized spacial score (nSPS) is 25.8. The lowest BCUT2D eigenvalue weighted by Crippen LogP contribution is -2.50. The molecule has 0 amide bonds. The molecule has 0 aromatic heterocycles. The molecule has 0 aromatic carbocycles. The van der Waals surface area contributed by atoms with Gasteiger partial charge in [-0.3, -0.25) is 4.99 Å². The fourth-order valence-corrected chi connectivity index (χ4v) is 5.18. The van der Waals surface area contributed by atoms with Crippen LogP contribution in [0.2, 0.25) is 0 Å². The fraction of sp³-hybridized carbons (Fsp3) is 0.944. The first-order valence-corrected chi connectivity index (χ1v) is 11.9. The number of piperidine rings is 1. The van der Waals surface area contributed by atoms with E-state index in [1.807, 2.05) is 6.92 Å². The minimum Gasteiger partial charge on any atom is -0.381 e. The predicted octanol–water partition coefficient (Wildman–Crippen LogP) is 0.762. The molecule has 0 atom stereocenters. The standard InChI is InChI=1S/C18H34N4O3S/c1-3-19-17(21-15-6-10-22(11-7-15)16-4-5-16)20-14-18(26(2,23)24)8-12-25-13-9-18/h15-16H,3-14H2,1-2H3,(H2,19,20,21). The predicted molar refractivity (Wildman–Crippen MR) is 104 cm³/mol. The molecule has 2 N–H and O–H groups in total. The van der Waals surface area contributed by atoms with Crippen molar-refractivity contribution in [3.05, 3.63) is 0 Å². The molecule has 150 valence electrons. The van der Waals surface area contributed by atoms with Gasteiger partial charge in [-0.05, 0) is 45.4 Å². The van der Waals surface area contributed by atoms with Gasteiger partial charge in [-0.2, -0.15) is 0 Å². The Morgan fingerprint density at radius 3 is 2.38 bits per heavy atom. The third kappa shape index (κ3) is 4.89. The van der Waals surface area contributed by atoms with Crippen molar-refractivity contribution in [2.45, 2.75) is 62.3 Å². The van der Waals surface area contributed by atoms with Gasteiger partial charge in [-0.15, -0.1) is 0 Å². The summed E-state index contributed by atoms with van der Waals surface area (Å²) >= 11 is 0. The first-order chi connectivity index (χ1) is 12.4. The van der Waals surface area contributed by atoms with Crippen LogP contribution in [0, 0.1) is 0 Å². The molecule has 0 radical (unpaired) electrons. The van der Waals surface area contributed by atoms with Crippen LogP contribution < -0.4 is 10.6 Å². The Bertz CT molecular complexity index is 590. The Balaban J connectivity index is 1.60. The Morgan fingerprint density at radius 1 is 1.19 bits per heavy atom. The summed E-state index contributed by atoms with van der Waals surface area (Å²) in [7, 11) is -3.19. The molecule has 3 aliphatic rings. The molecule has 26 heavy (non-hydrogen) atoms. The second-order valence-corrected chi connectivity index (χ2v) is 10.4. The minimum absolute atomic E-state index is 0.297. The van der Waals surface area contributed by atoms with Gasteiger partial charge in [-0.25, -0.2) is 8.42 Å². The molecule has 3 fully saturated rings. The average Bonchev–Trinajstić information content (AvgIpc) is 3.46. The monoisotopic (exact) mass is 386 g/mol. The van der Waals surface area contributed by atoms with E-state index in [0.29, 0.717) is 38.6 Å². The van der Waals surface area contributed by atoms with E-state index in [1.165, 1.54) is 19.1 Å². The number of nitrogens with zero attached hydrogens (tertiary/aromatic N) is 2. The second-order valence-electron chi connectivity index (χ2n) is 7.95. The van der Waals surface area contributed by atoms with Crippen molar-refractivity contribution in [2.75, 3.05) is 45.6 Å². The number of ether oxygens (including phenoxy) is 1. The molecule has 1 saturated carbocycles. The number of nitrogens with one attached hydrogen (secondary N) is 2. The van der Waals surface area contributed by atoms with Crippen molar-refractivity contribution >= 4 is 15.8 Å². The lowest BCUT2D eigenvalue weighted by atomic mass is 9.99. The van der Waals surface area contributed by atoms with Crippen LogP contribution in [-0.2, 0) is 14.6 Å². The number of rotatable bonds is 6. The second kappa shape index (κ2) is 8.44. The third-order valence-electron chi connectivity index (χ3n) is 5.99. The SMILES string of the molecule is CCNC(=NCC1(S(C)(=O)=O)CCOCC1)NC1CCN(C2CC2)CC1. The molecular formula is C18H34N4O3S. The van der Waals surface area contributed by atoms with Crippen LogP contribution in [0.5, 0.6) is 0 Å². The highest BCUT2D eigenvalue weighted by molar-refractivity contribution is 7.92. The van der Waals surface area contributed by atoms with E-state index in [9.17, 15) is 8.42 Å². The molecule has 0 bridgehead atoms. The molecule has 2 aliphatic heterocycles. The van der Waals surface area contributed by atoms with Crippen LogP contribution in [0.3, 0.4) is 0 Å². The molecule has 0 unspecified atom stereocenters. The maximum atomic E-state index is 12.4. The molecule has 1 aliphatic carbocycles. The topological polar surface area (TPSA) is 83.0 Å². The van der Waals surface area contributed by atoms with E-state index in [4.69, 9.17) is 4.74 Å². The fourth-order valence-electron chi connectivity index (χ4n) is 3.97. The number of hydrogen-bond donors (Lipinski definition) is 2. The Kier molecular flexibility index (Phi) is 6.45. The summed E-state index contributed by atoms with van der Waals surface area (Å²) in [5, 5.41) is 6.81. The largest absolute Gasteiger partial charge is 0.381 e. The van der Waals surface area contributed by atoms with Crippen LogP contribution in [0.15, 0.2) is 4.99 Å². The van der Waals surface area contributed by atoms with Crippen molar-refractivity contribution in [3.63, 3.8) is 0 Å². The molecule has 0 aromatic rings. The van der Waals surface area contributed by atoms with Crippen LogP contribution in [0.25, 0.3) is 0 Å². The summed E-state index contributed by atoms with van der Waals surface area (Å²) in [6.45, 7) is 6.37. The first-order valence-electron chi connectivity index (χ1n) is 10.00. The van der Waals surface area contributed by atoms with Gasteiger partial charge in [0.2, 0.25) is 0 Å². The maximum absolute atomic E-state index is 12.4. The van der Waals surface area contributed by atoms with Gasteiger partial charge in [0.1, 0.15) is 0 Å². The Morgan fingerprint density at radius 2 is 1.85 bits per heavy atom. The quantitative estimate of drug-likeness (QED) is 0.518. The van der Waals surface area contributed by atoms with Crippen molar-refractivity contribution in [1.29, 1.82) is 0 Å². The van der Waals surface area contributed by atoms with E-state index in [2.05, 4.69) is 20.5 Å². The molecule has 3 rings (SSSR count). The molecule has 2 heterocycles. The van der Waals surface area contributed by atoms with Gasteiger partial charge >= 0.3 is 0 Å². The number of likely N-dealkylation sites (tertiary alicyclic amines) is 1. The smallest absolute Gasteiger partial charge is 0.191 e. The summed E-state index contributed by atoms with van der Waals surface area (Å²) in [6, 6.07) is 1.24. The average molecular weight is 387 g/mol. The van der Waals surface area contributed by atoms with Gasteiger partial charge in [0.05, 0.1) is 11.3 Å². The van der Waals surface area contributed by atoms with E-state index < -0.39 is 14.6 Å². The summed E-state index contributed by atoms with van der Waals surface area (Å²) < 4.78 is 29.4. The molecule has 2 saturated heterocycles. The number of guanidine groups is 1. The van der Waals surface area contributed by atoms with Gasteiger partial charge in [0, 0.05) is 51.2 Å². The number of aliphatic imine (C=N–C) groups is 1. The lowest BCUT2D eigenvalue weighted by Gasteiger charge is -2.35. The van der Waals surface area contributed by atoms with Crippen LogP contribution >= 0.6 is 0 Å². The van der Waals surface area contributed by atoms with E-state index in [0.717, 1.165) is 44.5 Å². The highest BCUT2D eigenvalue weighted by atomic mass is 32.2. The zero-order valence-electron chi connectivity index (χ0n) is 16.2. The van der Waals surface area contributed by atoms with Crippen LogP contribution in [0.4, 0.5) is 0 Å². The molecule has 8 heteroatoms.